The number of benzene rings is 1. The Morgan fingerprint density at radius 3 is 2.56 bits per heavy atom. The molecule has 0 spiro atoms. The van der Waals surface area contributed by atoms with Crippen LogP contribution in [0, 0.1) is 5.92 Å². The van der Waals surface area contributed by atoms with Gasteiger partial charge in [0.15, 0.2) is 5.78 Å². The van der Waals surface area contributed by atoms with Crippen LogP contribution in [0.25, 0.3) is 5.57 Å². The number of Topliss-reactive ketones (excluding diaryl/α,β-unsaturated/α-hetero) is 1. The molecule has 0 aliphatic heterocycles. The quantitative estimate of drug-likeness (QED) is 0.355. The van der Waals surface area contributed by atoms with E-state index in [1.165, 1.54) is 24.0 Å². The lowest BCUT2D eigenvalue weighted by molar-refractivity contribution is 0.101. The fourth-order valence-corrected chi connectivity index (χ4v) is 2.57. The summed E-state index contributed by atoms with van der Waals surface area (Å²) in [5.41, 5.74) is 4.58. The van der Waals surface area contributed by atoms with Crippen LogP contribution in [0.3, 0.4) is 0 Å². The second kappa shape index (κ2) is 15.2. The van der Waals surface area contributed by atoms with E-state index in [1.807, 2.05) is 38.1 Å². The van der Waals surface area contributed by atoms with Gasteiger partial charge in [0, 0.05) is 19.3 Å². The lowest BCUT2D eigenvalue weighted by Gasteiger charge is -2.05. The Hall–Kier alpha value is -1.93. The fraction of sp³-hybridized carbons (Fsp3) is 0.480. The zero-order chi connectivity index (χ0) is 20.7. The molecule has 0 bridgehead atoms. The lowest BCUT2D eigenvalue weighted by atomic mass is 9.99. The van der Waals surface area contributed by atoms with Crippen molar-refractivity contribution in [2.24, 2.45) is 5.92 Å². The number of carbonyl (C=O) groups excluding carboxylic acids is 1. The standard InChI is InChI=1S/C16H16O.C7H16O.C2H6/c1-3-5-13-8-9-16(10-13)15-7-4-6-14(11-15)12(2)17;1-4-7(2)5-6-8-3;1-2/h3-4,6-9,11H,1,5,10H2,2H3;7H,4-6H2,1-3H3;1-2H3. The Morgan fingerprint density at radius 2 is 2.00 bits per heavy atom. The number of hydrogen-bond acceptors (Lipinski definition) is 2. The van der Waals surface area contributed by atoms with Gasteiger partial charge in [0.1, 0.15) is 0 Å². The van der Waals surface area contributed by atoms with Crippen LogP contribution in [0.1, 0.15) is 76.2 Å². The molecule has 0 N–H and O–H groups in total. The molecule has 150 valence electrons. The van der Waals surface area contributed by atoms with Crippen molar-refractivity contribution in [1.29, 1.82) is 0 Å². The third kappa shape index (κ3) is 10.1. The number of allylic oxidation sites excluding steroid dienone is 5. The van der Waals surface area contributed by atoms with Crippen LogP contribution in [0.5, 0.6) is 0 Å². The third-order valence-electron chi connectivity index (χ3n) is 4.50. The molecule has 1 unspecified atom stereocenters. The molecule has 1 aromatic carbocycles. The minimum absolute atomic E-state index is 0.115. The molecule has 2 nitrogen and oxygen atoms in total. The maximum Gasteiger partial charge on any atom is 0.159 e. The number of hydrogen-bond donors (Lipinski definition) is 0. The lowest BCUT2D eigenvalue weighted by Crippen LogP contribution is -1.97. The van der Waals surface area contributed by atoms with Gasteiger partial charge in [0.05, 0.1) is 0 Å². The van der Waals surface area contributed by atoms with E-state index >= 15 is 0 Å². The van der Waals surface area contributed by atoms with E-state index in [4.69, 9.17) is 4.74 Å². The first kappa shape index (κ1) is 25.1. The molecule has 1 atom stereocenters. The van der Waals surface area contributed by atoms with E-state index < -0.39 is 0 Å². The number of ketones is 1. The molecule has 0 saturated heterocycles. The van der Waals surface area contributed by atoms with E-state index in [-0.39, 0.29) is 5.78 Å². The van der Waals surface area contributed by atoms with Crippen LogP contribution in [-0.4, -0.2) is 19.5 Å². The molecule has 2 heteroatoms. The molecule has 27 heavy (non-hydrogen) atoms. The summed E-state index contributed by atoms with van der Waals surface area (Å²) in [4.78, 5) is 11.3. The van der Waals surface area contributed by atoms with Crippen LogP contribution < -0.4 is 0 Å². The van der Waals surface area contributed by atoms with Crippen LogP contribution in [0.2, 0.25) is 0 Å². The van der Waals surface area contributed by atoms with Gasteiger partial charge < -0.3 is 4.74 Å². The van der Waals surface area contributed by atoms with E-state index in [9.17, 15) is 4.79 Å². The van der Waals surface area contributed by atoms with Crippen molar-refractivity contribution in [3.05, 3.63) is 65.8 Å². The zero-order valence-corrected chi connectivity index (χ0v) is 18.2. The van der Waals surface area contributed by atoms with Crippen LogP contribution in [0.4, 0.5) is 0 Å². The van der Waals surface area contributed by atoms with Crippen molar-refractivity contribution in [1.82, 2.24) is 0 Å². The first-order chi connectivity index (χ1) is 13.0. The predicted molar refractivity (Wildman–Crippen MR) is 119 cm³/mol. The predicted octanol–water partition coefficient (Wildman–Crippen LogP) is 7.27. The molecule has 0 saturated carbocycles. The highest BCUT2D eigenvalue weighted by Crippen LogP contribution is 2.30. The van der Waals surface area contributed by atoms with Crippen LogP contribution in [-0.2, 0) is 4.74 Å². The summed E-state index contributed by atoms with van der Waals surface area (Å²) < 4.78 is 4.91. The smallest absolute Gasteiger partial charge is 0.159 e. The highest BCUT2D eigenvalue weighted by molar-refractivity contribution is 5.95. The molecule has 2 rings (SSSR count). The molecule has 0 radical (unpaired) electrons. The molecule has 1 aliphatic carbocycles. The topological polar surface area (TPSA) is 26.3 Å². The largest absolute Gasteiger partial charge is 0.385 e. The van der Waals surface area contributed by atoms with E-state index in [2.05, 4.69) is 38.6 Å². The average Bonchev–Trinajstić information content (AvgIpc) is 3.17. The van der Waals surface area contributed by atoms with Crippen molar-refractivity contribution in [3.63, 3.8) is 0 Å². The maximum absolute atomic E-state index is 11.3. The van der Waals surface area contributed by atoms with Crippen molar-refractivity contribution in [2.75, 3.05) is 13.7 Å². The first-order valence-corrected chi connectivity index (χ1v) is 10.1. The second-order valence-electron chi connectivity index (χ2n) is 6.62. The molecule has 0 aromatic heterocycles. The summed E-state index contributed by atoms with van der Waals surface area (Å²) in [6.07, 6.45) is 10.6. The van der Waals surface area contributed by atoms with Gasteiger partial charge in [-0.2, -0.15) is 0 Å². The summed E-state index contributed by atoms with van der Waals surface area (Å²) in [5.74, 6) is 0.944. The number of methoxy groups -OCH3 is 1. The zero-order valence-electron chi connectivity index (χ0n) is 18.2. The average molecular weight is 371 g/mol. The first-order valence-electron chi connectivity index (χ1n) is 10.1. The summed E-state index contributed by atoms with van der Waals surface area (Å²) in [5, 5.41) is 0. The number of rotatable bonds is 8. The molecule has 1 aliphatic rings. The van der Waals surface area contributed by atoms with E-state index in [0.29, 0.717) is 0 Å². The number of ether oxygens (including phenoxy) is 1. The van der Waals surface area contributed by atoms with Gasteiger partial charge in [-0.1, -0.05) is 76.1 Å². The Kier molecular flexibility index (Phi) is 14.1. The monoisotopic (exact) mass is 370 g/mol. The van der Waals surface area contributed by atoms with Gasteiger partial charge in [-0.25, -0.2) is 0 Å². The van der Waals surface area contributed by atoms with Crippen molar-refractivity contribution >= 4 is 11.4 Å². The van der Waals surface area contributed by atoms with Gasteiger partial charge in [-0.15, -0.1) is 6.58 Å². The SMILES string of the molecule is C=CCC1=CC=C(c2cccc(C(C)=O)c2)C1.CC.CCC(C)CCOC. The van der Waals surface area contributed by atoms with E-state index in [0.717, 1.165) is 36.5 Å². The van der Waals surface area contributed by atoms with Crippen LogP contribution in [0.15, 0.2) is 54.6 Å². The second-order valence-corrected chi connectivity index (χ2v) is 6.62. The van der Waals surface area contributed by atoms with E-state index in [1.54, 1.807) is 14.0 Å². The summed E-state index contributed by atoms with van der Waals surface area (Å²) >= 11 is 0. The Balaban J connectivity index is 0.000000574. The van der Waals surface area contributed by atoms with Crippen molar-refractivity contribution in [3.8, 4) is 0 Å². The van der Waals surface area contributed by atoms with Gasteiger partial charge in [0.25, 0.3) is 0 Å². The number of carbonyl (C=O) groups is 1. The minimum Gasteiger partial charge on any atom is -0.385 e. The molecule has 1 aromatic rings. The Morgan fingerprint density at radius 1 is 1.30 bits per heavy atom. The molecule has 0 heterocycles. The molecular formula is C25H38O2. The Labute approximate surface area is 167 Å². The molecule has 0 amide bonds. The maximum atomic E-state index is 11.3. The highest BCUT2D eigenvalue weighted by atomic mass is 16.5. The minimum atomic E-state index is 0.115. The molecular weight excluding hydrogens is 332 g/mol. The summed E-state index contributed by atoms with van der Waals surface area (Å²) in [6, 6.07) is 7.83. The van der Waals surface area contributed by atoms with Crippen molar-refractivity contribution in [2.45, 2.75) is 60.3 Å². The molecule has 0 fully saturated rings. The summed E-state index contributed by atoms with van der Waals surface area (Å²) in [7, 11) is 1.75. The van der Waals surface area contributed by atoms with Gasteiger partial charge in [0.2, 0.25) is 0 Å². The fourth-order valence-electron chi connectivity index (χ4n) is 2.57. The third-order valence-corrected chi connectivity index (χ3v) is 4.50. The van der Waals surface area contributed by atoms with Crippen LogP contribution >= 0.6 is 0 Å². The van der Waals surface area contributed by atoms with Gasteiger partial charge >= 0.3 is 0 Å². The summed E-state index contributed by atoms with van der Waals surface area (Å²) in [6.45, 7) is 14.7. The highest BCUT2D eigenvalue weighted by Gasteiger charge is 2.10. The van der Waals surface area contributed by atoms with Gasteiger partial charge in [-0.05, 0) is 49.3 Å². The normalized spacial score (nSPS) is 13.3. The van der Waals surface area contributed by atoms with Crippen molar-refractivity contribution < 1.29 is 9.53 Å². The van der Waals surface area contributed by atoms with Gasteiger partial charge in [-0.3, -0.25) is 4.79 Å². The Bertz CT molecular complexity index is 623.